The molecule has 0 saturated heterocycles. The first-order valence-corrected chi connectivity index (χ1v) is 12.4. The van der Waals surface area contributed by atoms with Gasteiger partial charge in [0.1, 0.15) is 17.4 Å². The summed E-state index contributed by atoms with van der Waals surface area (Å²) < 4.78 is 39.3. The lowest BCUT2D eigenvalue weighted by Gasteiger charge is -2.23. The SMILES string of the molecule is CCc1cc(=O)oc2c(C)c(OC(=O)[C@@H](NS(=O)(=O)c3ccc(C)cc3)[C@H](C)CC)ccc12. The van der Waals surface area contributed by atoms with Crippen LogP contribution < -0.4 is 15.1 Å². The molecule has 0 aliphatic rings. The summed E-state index contributed by atoms with van der Waals surface area (Å²) in [6.07, 6.45) is 1.21. The molecule has 176 valence electrons. The number of aryl methyl sites for hydroxylation is 3. The number of esters is 1. The average molecular weight is 472 g/mol. The number of benzene rings is 2. The number of sulfonamides is 1. The molecule has 0 radical (unpaired) electrons. The molecule has 1 heterocycles. The number of carbonyl (C=O) groups excluding carboxylic acids is 1. The van der Waals surface area contributed by atoms with Crippen LogP contribution in [-0.4, -0.2) is 20.4 Å². The summed E-state index contributed by atoms with van der Waals surface area (Å²) in [7, 11) is -3.94. The van der Waals surface area contributed by atoms with Gasteiger partial charge in [-0.05, 0) is 56.0 Å². The molecule has 2 aromatic carbocycles. The Morgan fingerprint density at radius 1 is 1.09 bits per heavy atom. The summed E-state index contributed by atoms with van der Waals surface area (Å²) in [6.45, 7) is 9.15. The third kappa shape index (κ3) is 5.34. The van der Waals surface area contributed by atoms with E-state index in [9.17, 15) is 18.0 Å². The Morgan fingerprint density at radius 3 is 2.36 bits per heavy atom. The number of fused-ring (bicyclic) bond motifs is 1. The summed E-state index contributed by atoms with van der Waals surface area (Å²) >= 11 is 0. The third-order valence-corrected chi connectivity index (χ3v) is 7.33. The highest BCUT2D eigenvalue weighted by molar-refractivity contribution is 7.89. The van der Waals surface area contributed by atoms with E-state index in [0.717, 1.165) is 16.5 Å². The molecule has 2 atom stereocenters. The summed E-state index contributed by atoms with van der Waals surface area (Å²) in [5.41, 5.74) is 2.14. The van der Waals surface area contributed by atoms with Crippen LogP contribution in [-0.2, 0) is 21.2 Å². The van der Waals surface area contributed by atoms with E-state index in [0.29, 0.717) is 24.0 Å². The van der Waals surface area contributed by atoms with Crippen molar-refractivity contribution in [2.45, 2.75) is 58.4 Å². The normalized spacial score (nSPS) is 13.6. The van der Waals surface area contributed by atoms with Gasteiger partial charge in [-0.15, -0.1) is 0 Å². The Hall–Kier alpha value is -2.97. The molecule has 0 fully saturated rings. The third-order valence-electron chi connectivity index (χ3n) is 5.87. The minimum atomic E-state index is -3.94. The fourth-order valence-electron chi connectivity index (χ4n) is 3.57. The highest BCUT2D eigenvalue weighted by Gasteiger charge is 2.32. The van der Waals surface area contributed by atoms with Gasteiger partial charge in [-0.1, -0.05) is 44.9 Å². The van der Waals surface area contributed by atoms with E-state index in [1.54, 1.807) is 38.1 Å². The molecule has 3 aromatic rings. The highest BCUT2D eigenvalue weighted by atomic mass is 32.2. The average Bonchev–Trinajstić information content (AvgIpc) is 2.78. The van der Waals surface area contributed by atoms with Gasteiger partial charge >= 0.3 is 11.6 Å². The van der Waals surface area contributed by atoms with Gasteiger partial charge in [0.05, 0.1) is 4.90 Å². The second kappa shape index (κ2) is 9.89. The molecule has 33 heavy (non-hydrogen) atoms. The van der Waals surface area contributed by atoms with Crippen molar-refractivity contribution in [2.75, 3.05) is 0 Å². The molecule has 0 aliphatic carbocycles. The van der Waals surface area contributed by atoms with Crippen molar-refractivity contribution >= 4 is 27.0 Å². The van der Waals surface area contributed by atoms with Gasteiger partial charge in [-0.3, -0.25) is 0 Å². The van der Waals surface area contributed by atoms with E-state index >= 15 is 0 Å². The highest BCUT2D eigenvalue weighted by Crippen LogP contribution is 2.29. The zero-order valence-corrected chi connectivity index (χ0v) is 20.3. The maximum Gasteiger partial charge on any atom is 0.336 e. The molecule has 0 spiro atoms. The molecule has 0 bridgehead atoms. The fraction of sp³-hybridized carbons (Fsp3) is 0.360. The van der Waals surface area contributed by atoms with E-state index in [4.69, 9.17) is 9.15 Å². The largest absolute Gasteiger partial charge is 0.425 e. The summed E-state index contributed by atoms with van der Waals surface area (Å²) in [4.78, 5) is 25.1. The first-order chi connectivity index (χ1) is 15.6. The molecule has 0 amide bonds. The molecule has 1 N–H and O–H groups in total. The van der Waals surface area contributed by atoms with Crippen LogP contribution in [0.25, 0.3) is 11.0 Å². The van der Waals surface area contributed by atoms with Crippen LogP contribution in [0.15, 0.2) is 56.6 Å². The number of carbonyl (C=O) groups is 1. The Balaban J connectivity index is 1.93. The first kappa shape index (κ1) is 24.7. The van der Waals surface area contributed by atoms with Crippen LogP contribution >= 0.6 is 0 Å². The van der Waals surface area contributed by atoms with Crippen molar-refractivity contribution in [3.8, 4) is 5.75 Å². The summed E-state index contributed by atoms with van der Waals surface area (Å²) in [5.74, 6) is -0.827. The number of hydrogen-bond donors (Lipinski definition) is 1. The van der Waals surface area contributed by atoms with Crippen LogP contribution in [0.2, 0.25) is 0 Å². The predicted octanol–water partition coefficient (Wildman–Crippen LogP) is 4.27. The van der Waals surface area contributed by atoms with Crippen LogP contribution in [0, 0.1) is 19.8 Å². The van der Waals surface area contributed by atoms with Crippen molar-refractivity contribution < 1.29 is 22.4 Å². The van der Waals surface area contributed by atoms with E-state index in [2.05, 4.69) is 4.72 Å². The minimum absolute atomic E-state index is 0.0740. The van der Waals surface area contributed by atoms with Crippen molar-refractivity contribution in [3.63, 3.8) is 0 Å². The zero-order valence-electron chi connectivity index (χ0n) is 19.5. The minimum Gasteiger partial charge on any atom is -0.425 e. The lowest BCUT2D eigenvalue weighted by molar-refractivity contribution is -0.137. The Morgan fingerprint density at radius 2 is 1.76 bits per heavy atom. The smallest absolute Gasteiger partial charge is 0.336 e. The summed E-state index contributed by atoms with van der Waals surface area (Å²) in [6, 6.07) is 10.1. The molecule has 0 unspecified atom stereocenters. The van der Waals surface area contributed by atoms with Gasteiger partial charge in [-0.25, -0.2) is 18.0 Å². The van der Waals surface area contributed by atoms with Crippen LogP contribution in [0.5, 0.6) is 5.75 Å². The van der Waals surface area contributed by atoms with Crippen molar-refractivity contribution in [2.24, 2.45) is 5.92 Å². The molecule has 1 aromatic heterocycles. The van der Waals surface area contributed by atoms with Crippen LogP contribution in [0.4, 0.5) is 0 Å². The van der Waals surface area contributed by atoms with Gasteiger partial charge in [0.25, 0.3) is 0 Å². The van der Waals surface area contributed by atoms with E-state index in [1.807, 2.05) is 20.8 Å². The maximum absolute atomic E-state index is 13.1. The lowest BCUT2D eigenvalue weighted by Crippen LogP contribution is -2.47. The number of nitrogens with one attached hydrogen (secondary N) is 1. The zero-order chi connectivity index (χ0) is 24.3. The lowest BCUT2D eigenvalue weighted by atomic mass is 10.0. The van der Waals surface area contributed by atoms with Crippen molar-refractivity contribution in [3.05, 3.63) is 69.6 Å². The number of ether oxygens (including phenoxy) is 1. The monoisotopic (exact) mass is 471 g/mol. The molecule has 7 nitrogen and oxygen atoms in total. The quantitative estimate of drug-likeness (QED) is 0.299. The molecule has 8 heteroatoms. The van der Waals surface area contributed by atoms with Gasteiger partial charge in [0, 0.05) is 17.0 Å². The number of hydrogen-bond acceptors (Lipinski definition) is 6. The predicted molar refractivity (Wildman–Crippen MR) is 127 cm³/mol. The number of rotatable bonds is 8. The first-order valence-electron chi connectivity index (χ1n) is 10.9. The fourth-order valence-corrected chi connectivity index (χ4v) is 4.86. The maximum atomic E-state index is 13.1. The van der Waals surface area contributed by atoms with Gasteiger partial charge in [0.15, 0.2) is 0 Å². The van der Waals surface area contributed by atoms with Crippen LogP contribution in [0.3, 0.4) is 0 Å². The Bertz CT molecular complexity index is 1330. The second-order valence-electron chi connectivity index (χ2n) is 8.23. The molecule has 0 aliphatic heterocycles. The molecule has 0 saturated carbocycles. The van der Waals surface area contributed by atoms with E-state index < -0.39 is 27.7 Å². The van der Waals surface area contributed by atoms with E-state index in [1.165, 1.54) is 18.2 Å². The second-order valence-corrected chi connectivity index (χ2v) is 9.94. The van der Waals surface area contributed by atoms with Crippen LogP contribution in [0.1, 0.15) is 43.9 Å². The Labute approximate surface area is 193 Å². The van der Waals surface area contributed by atoms with Crippen molar-refractivity contribution in [1.82, 2.24) is 4.72 Å². The van der Waals surface area contributed by atoms with E-state index in [-0.39, 0.29) is 16.6 Å². The topological polar surface area (TPSA) is 103 Å². The van der Waals surface area contributed by atoms with Crippen molar-refractivity contribution in [1.29, 1.82) is 0 Å². The Kier molecular flexibility index (Phi) is 7.39. The van der Waals surface area contributed by atoms with Gasteiger partial charge in [0.2, 0.25) is 10.0 Å². The molecular formula is C25H29NO6S. The molecular weight excluding hydrogens is 442 g/mol. The van der Waals surface area contributed by atoms with Gasteiger partial charge in [-0.2, -0.15) is 4.72 Å². The standard InChI is InChI=1S/C25H29NO6S/c1-6-16(4)23(26-33(29,30)19-10-8-15(3)9-11-19)25(28)31-21-13-12-20-18(7-2)14-22(27)32-24(20)17(21)5/h8-14,16,23,26H,6-7H2,1-5H3/t16-,23+/m1/s1. The summed E-state index contributed by atoms with van der Waals surface area (Å²) in [5, 5.41) is 0.771. The molecule has 3 rings (SSSR count). The van der Waals surface area contributed by atoms with Gasteiger partial charge < -0.3 is 9.15 Å².